The fourth-order valence-electron chi connectivity index (χ4n) is 3.09. The molecule has 10 nitrogen and oxygen atoms in total. The minimum absolute atomic E-state index is 0.0327. The second kappa shape index (κ2) is 9.73. The molecule has 1 aromatic heterocycles. The highest BCUT2D eigenvalue weighted by atomic mass is 35.5. The number of rotatable bonds is 8. The molecule has 3 rings (SSSR count). The van der Waals surface area contributed by atoms with Gasteiger partial charge < -0.3 is 10.1 Å². The van der Waals surface area contributed by atoms with Gasteiger partial charge >= 0.3 is 5.69 Å². The van der Waals surface area contributed by atoms with Crippen LogP contribution in [0.4, 0.5) is 20.2 Å². The van der Waals surface area contributed by atoms with E-state index in [0.717, 1.165) is 4.68 Å². The molecule has 34 heavy (non-hydrogen) atoms. The quantitative estimate of drug-likeness (QED) is 0.352. The largest absolute Gasteiger partial charge is 0.497 e. The molecule has 0 radical (unpaired) electrons. The van der Waals surface area contributed by atoms with Crippen LogP contribution in [0.5, 0.6) is 5.75 Å². The number of carbonyl (C=O) groups is 1. The maximum Gasteiger partial charge on any atom is 0.319 e. The number of anilines is 1. The highest BCUT2D eigenvalue weighted by molar-refractivity contribution is 7.91. The van der Waals surface area contributed by atoms with E-state index in [0.29, 0.717) is 5.02 Å². The number of amides is 1. The van der Waals surface area contributed by atoms with Gasteiger partial charge in [0.05, 0.1) is 21.8 Å². The summed E-state index contributed by atoms with van der Waals surface area (Å²) in [5, 5.41) is 17.4. The lowest BCUT2D eigenvalue weighted by atomic mass is 10.3. The molecule has 1 N–H and O–H groups in total. The lowest BCUT2D eigenvalue weighted by Gasteiger charge is -2.12. The third-order valence-electron chi connectivity index (χ3n) is 4.72. The Balaban J connectivity index is 1.90. The van der Waals surface area contributed by atoms with Crippen molar-refractivity contribution in [2.75, 3.05) is 12.4 Å². The zero-order valence-electron chi connectivity index (χ0n) is 17.7. The number of carbonyl (C=O) groups excluding carboxylic acids is 1. The average Bonchev–Trinajstić information content (AvgIpc) is 3.10. The SMILES string of the molecule is COc1cc(NC(=O)Cn2nc(C(F)F)c([N+](=O)[O-])c2C)cc(S(=O)(=O)c2ccc(Cl)cc2)c1. The molecule has 0 fully saturated rings. The van der Waals surface area contributed by atoms with E-state index in [4.69, 9.17) is 16.3 Å². The molecule has 14 heteroatoms. The predicted molar refractivity (Wildman–Crippen MR) is 117 cm³/mol. The van der Waals surface area contributed by atoms with Gasteiger partial charge in [-0.25, -0.2) is 17.2 Å². The molecule has 0 aliphatic carbocycles. The van der Waals surface area contributed by atoms with Gasteiger partial charge in [-0.15, -0.1) is 0 Å². The number of nitrogens with zero attached hydrogens (tertiary/aromatic N) is 3. The summed E-state index contributed by atoms with van der Waals surface area (Å²) in [6, 6.07) is 9.27. The number of alkyl halides is 2. The predicted octanol–water partition coefficient (Wildman–Crippen LogP) is 4.17. The fraction of sp³-hybridized carbons (Fsp3) is 0.200. The van der Waals surface area contributed by atoms with Crippen molar-refractivity contribution in [2.45, 2.75) is 29.7 Å². The Bertz CT molecular complexity index is 1360. The number of halogens is 3. The molecular weight excluding hydrogens is 498 g/mol. The highest BCUT2D eigenvalue weighted by Crippen LogP contribution is 2.31. The van der Waals surface area contributed by atoms with E-state index in [1.165, 1.54) is 56.5 Å². The van der Waals surface area contributed by atoms with Gasteiger partial charge in [0, 0.05) is 16.8 Å². The van der Waals surface area contributed by atoms with Crippen LogP contribution in [0.25, 0.3) is 0 Å². The first-order chi connectivity index (χ1) is 15.9. The summed E-state index contributed by atoms with van der Waals surface area (Å²) in [5.41, 5.74) is -2.12. The topological polar surface area (TPSA) is 133 Å². The Morgan fingerprint density at radius 3 is 2.41 bits per heavy atom. The van der Waals surface area contributed by atoms with E-state index < -0.39 is 45.0 Å². The van der Waals surface area contributed by atoms with Crippen molar-refractivity contribution in [1.29, 1.82) is 0 Å². The number of aromatic nitrogens is 2. The van der Waals surface area contributed by atoms with E-state index in [-0.39, 0.29) is 26.9 Å². The summed E-state index contributed by atoms with van der Waals surface area (Å²) in [5.74, 6) is -0.666. The molecule has 0 aliphatic heterocycles. The number of ether oxygens (including phenoxy) is 1. The normalized spacial score (nSPS) is 11.5. The molecule has 0 bridgehead atoms. The first-order valence-electron chi connectivity index (χ1n) is 9.43. The van der Waals surface area contributed by atoms with Crippen LogP contribution in [0.1, 0.15) is 17.8 Å². The van der Waals surface area contributed by atoms with Crippen LogP contribution in [-0.2, 0) is 21.2 Å². The second-order valence-corrected chi connectivity index (χ2v) is 9.32. The van der Waals surface area contributed by atoms with E-state index in [2.05, 4.69) is 10.4 Å². The van der Waals surface area contributed by atoms with Crippen molar-refractivity contribution in [3.8, 4) is 5.75 Å². The van der Waals surface area contributed by atoms with Gasteiger partial charge in [0.2, 0.25) is 21.4 Å². The van der Waals surface area contributed by atoms with Crippen molar-refractivity contribution >= 4 is 38.7 Å². The number of nitrogens with one attached hydrogen (secondary N) is 1. The summed E-state index contributed by atoms with van der Waals surface area (Å²) in [6.07, 6.45) is -3.21. The van der Waals surface area contributed by atoms with Crippen molar-refractivity contribution in [2.24, 2.45) is 0 Å². The zero-order valence-corrected chi connectivity index (χ0v) is 19.2. The third-order valence-corrected chi connectivity index (χ3v) is 6.72. The molecule has 1 amide bonds. The summed E-state index contributed by atoms with van der Waals surface area (Å²) < 4.78 is 58.1. The van der Waals surface area contributed by atoms with Crippen LogP contribution in [0.3, 0.4) is 0 Å². The van der Waals surface area contributed by atoms with Crippen molar-refractivity contribution in [1.82, 2.24) is 9.78 Å². The van der Waals surface area contributed by atoms with Crippen molar-refractivity contribution < 1.29 is 31.7 Å². The minimum Gasteiger partial charge on any atom is -0.497 e. The van der Waals surface area contributed by atoms with Gasteiger partial charge in [-0.05, 0) is 43.3 Å². The maximum absolute atomic E-state index is 13.1. The van der Waals surface area contributed by atoms with E-state index in [1.54, 1.807) is 0 Å². The van der Waals surface area contributed by atoms with Gasteiger partial charge in [-0.1, -0.05) is 11.6 Å². The molecular formula is C20H17ClF2N4O6S. The highest BCUT2D eigenvalue weighted by Gasteiger charge is 2.31. The van der Waals surface area contributed by atoms with Crippen LogP contribution in [0.2, 0.25) is 5.02 Å². The number of hydrogen-bond acceptors (Lipinski definition) is 7. The molecule has 0 saturated heterocycles. The number of nitro groups is 1. The van der Waals surface area contributed by atoms with Crippen LogP contribution in [0, 0.1) is 17.0 Å². The summed E-state index contributed by atoms with van der Waals surface area (Å²) >= 11 is 5.81. The van der Waals surface area contributed by atoms with E-state index in [1.807, 2.05) is 0 Å². The maximum atomic E-state index is 13.1. The van der Waals surface area contributed by atoms with Gasteiger partial charge in [-0.3, -0.25) is 19.6 Å². The van der Waals surface area contributed by atoms with E-state index >= 15 is 0 Å². The van der Waals surface area contributed by atoms with Crippen LogP contribution in [-0.4, -0.2) is 36.1 Å². The van der Waals surface area contributed by atoms with Crippen LogP contribution in [0.15, 0.2) is 52.3 Å². The first kappa shape index (κ1) is 25.1. The Kier molecular flexibility index (Phi) is 7.17. The smallest absolute Gasteiger partial charge is 0.319 e. The number of methoxy groups -OCH3 is 1. The fourth-order valence-corrected chi connectivity index (χ4v) is 4.54. The summed E-state index contributed by atoms with van der Waals surface area (Å²) in [7, 11) is -2.70. The lowest BCUT2D eigenvalue weighted by Crippen LogP contribution is -2.20. The standard InChI is InChI=1S/C20H17ClF2N4O6S/c1-11-19(27(29)30)18(20(22)23)25-26(11)10-17(28)24-13-7-14(33-2)9-16(8-13)34(31,32)15-5-3-12(21)4-6-15/h3-9,20H,10H2,1-2H3,(H,24,28). The van der Waals surface area contributed by atoms with Gasteiger partial charge in [-0.2, -0.15) is 5.10 Å². The van der Waals surface area contributed by atoms with Gasteiger partial charge in [0.25, 0.3) is 6.43 Å². The average molecular weight is 515 g/mol. The molecule has 1 heterocycles. The second-order valence-electron chi connectivity index (χ2n) is 6.94. The molecule has 2 aromatic carbocycles. The molecule has 3 aromatic rings. The summed E-state index contributed by atoms with van der Waals surface area (Å²) in [4.78, 5) is 22.4. The number of hydrogen-bond donors (Lipinski definition) is 1. The lowest BCUT2D eigenvalue weighted by molar-refractivity contribution is -0.386. The number of sulfone groups is 1. The number of benzene rings is 2. The zero-order chi connectivity index (χ0) is 25.2. The monoisotopic (exact) mass is 514 g/mol. The molecule has 0 unspecified atom stereocenters. The molecule has 0 aliphatic rings. The Morgan fingerprint density at radius 1 is 1.24 bits per heavy atom. The molecule has 0 saturated carbocycles. The molecule has 0 spiro atoms. The van der Waals surface area contributed by atoms with Crippen molar-refractivity contribution in [3.63, 3.8) is 0 Å². The van der Waals surface area contributed by atoms with Crippen LogP contribution < -0.4 is 10.1 Å². The van der Waals surface area contributed by atoms with Gasteiger partial charge in [0.15, 0.2) is 0 Å². The third kappa shape index (κ3) is 5.15. The molecule has 0 atom stereocenters. The van der Waals surface area contributed by atoms with Crippen LogP contribution >= 0.6 is 11.6 Å². The van der Waals surface area contributed by atoms with Crippen molar-refractivity contribution in [3.05, 3.63) is 69.0 Å². The molecule has 180 valence electrons. The Hall–Kier alpha value is -3.58. The first-order valence-corrected chi connectivity index (χ1v) is 11.3. The Labute approximate surface area is 197 Å². The van der Waals surface area contributed by atoms with Gasteiger partial charge in [0.1, 0.15) is 18.0 Å². The Morgan fingerprint density at radius 2 is 1.88 bits per heavy atom. The summed E-state index contributed by atoms with van der Waals surface area (Å²) in [6.45, 7) is 0.558. The minimum atomic E-state index is -4.00. The van der Waals surface area contributed by atoms with E-state index in [9.17, 15) is 32.1 Å².